The lowest BCUT2D eigenvalue weighted by molar-refractivity contribution is 1.07. The van der Waals surface area contributed by atoms with Gasteiger partial charge in [0, 0.05) is 5.71 Å². The zero-order chi connectivity index (χ0) is 8.53. The summed E-state index contributed by atoms with van der Waals surface area (Å²) < 4.78 is 0. The summed E-state index contributed by atoms with van der Waals surface area (Å²) in [6, 6.07) is 0. The fraction of sp³-hybridized carbons (Fsp3) is 0.500. The number of hydrogen-bond donors (Lipinski definition) is 1. The topological polar surface area (TPSA) is 50.7 Å². The predicted molar refractivity (Wildman–Crippen MR) is 50.1 cm³/mol. The number of allylic oxidation sites excluding steroid dienone is 2. The highest BCUT2D eigenvalue weighted by Gasteiger charge is 1.84. The zero-order valence-electron chi connectivity index (χ0n) is 7.12. The third kappa shape index (κ3) is 5.48. The lowest BCUT2D eigenvalue weighted by Crippen LogP contribution is -1.95. The number of aliphatic imine (C=N–C) groups is 2. The Kier molecular flexibility index (Phi) is 6.53. The molecule has 0 aromatic heterocycles. The van der Waals surface area contributed by atoms with E-state index in [0.717, 1.165) is 12.1 Å². The average Bonchev–Trinajstić information content (AvgIpc) is 2.03. The van der Waals surface area contributed by atoms with Crippen molar-refractivity contribution in [2.24, 2.45) is 15.7 Å². The van der Waals surface area contributed by atoms with Crippen LogP contribution < -0.4 is 5.73 Å². The molecule has 0 spiro atoms. The molecule has 0 saturated heterocycles. The quantitative estimate of drug-likeness (QED) is 0.481. The normalized spacial score (nSPS) is 13.5. The molecule has 0 radical (unpaired) electrons. The van der Waals surface area contributed by atoms with E-state index in [1.807, 2.05) is 19.1 Å². The Labute approximate surface area is 67.7 Å². The van der Waals surface area contributed by atoms with Crippen molar-refractivity contribution in [2.75, 3.05) is 6.67 Å². The molecule has 0 aliphatic carbocycles. The van der Waals surface area contributed by atoms with Gasteiger partial charge in [-0.15, -0.1) is 0 Å². The van der Waals surface area contributed by atoms with Crippen LogP contribution in [0.4, 0.5) is 0 Å². The van der Waals surface area contributed by atoms with Crippen molar-refractivity contribution in [3.8, 4) is 0 Å². The Hall–Kier alpha value is -0.960. The Morgan fingerprint density at radius 1 is 1.55 bits per heavy atom. The summed E-state index contributed by atoms with van der Waals surface area (Å²) in [7, 11) is 0. The first-order chi connectivity index (χ1) is 5.35. The van der Waals surface area contributed by atoms with Crippen LogP contribution in [0.15, 0.2) is 22.1 Å². The van der Waals surface area contributed by atoms with E-state index >= 15 is 0 Å². The Bertz CT molecular complexity index is 168. The van der Waals surface area contributed by atoms with E-state index in [0.29, 0.717) is 6.67 Å². The average molecular weight is 153 g/mol. The van der Waals surface area contributed by atoms with E-state index in [-0.39, 0.29) is 0 Å². The molecule has 0 rings (SSSR count). The van der Waals surface area contributed by atoms with Crippen molar-refractivity contribution in [2.45, 2.75) is 20.3 Å². The van der Waals surface area contributed by atoms with Crippen molar-refractivity contribution in [1.29, 1.82) is 0 Å². The molecule has 0 aromatic rings. The molecule has 0 aromatic carbocycles. The molecule has 0 aliphatic rings. The highest BCUT2D eigenvalue weighted by atomic mass is 14.9. The van der Waals surface area contributed by atoms with Gasteiger partial charge in [0.15, 0.2) is 0 Å². The molecule has 0 amide bonds. The number of hydrogen-bond acceptors (Lipinski definition) is 2. The van der Waals surface area contributed by atoms with Crippen LogP contribution >= 0.6 is 0 Å². The second-order valence-corrected chi connectivity index (χ2v) is 1.95. The van der Waals surface area contributed by atoms with Gasteiger partial charge in [-0.2, -0.15) is 0 Å². The van der Waals surface area contributed by atoms with Crippen molar-refractivity contribution in [3.05, 3.63) is 12.2 Å². The highest BCUT2D eigenvalue weighted by Crippen LogP contribution is 1.87. The molecule has 0 fully saturated rings. The van der Waals surface area contributed by atoms with Crippen molar-refractivity contribution in [3.63, 3.8) is 0 Å². The fourth-order valence-corrected chi connectivity index (χ4v) is 0.607. The van der Waals surface area contributed by atoms with Gasteiger partial charge in [-0.25, -0.2) is 4.99 Å². The van der Waals surface area contributed by atoms with E-state index in [2.05, 4.69) is 16.9 Å². The van der Waals surface area contributed by atoms with Gasteiger partial charge in [-0.3, -0.25) is 4.99 Å². The summed E-state index contributed by atoms with van der Waals surface area (Å²) in [6.45, 7) is 4.32. The molecule has 0 aliphatic heterocycles. The van der Waals surface area contributed by atoms with Gasteiger partial charge >= 0.3 is 0 Å². The number of rotatable bonds is 4. The molecule has 62 valence electrons. The van der Waals surface area contributed by atoms with Crippen LogP contribution in [-0.4, -0.2) is 18.7 Å². The van der Waals surface area contributed by atoms with E-state index in [1.165, 1.54) is 6.34 Å². The van der Waals surface area contributed by atoms with Crippen molar-refractivity contribution < 1.29 is 0 Å². The summed E-state index contributed by atoms with van der Waals surface area (Å²) >= 11 is 0. The first-order valence-electron chi connectivity index (χ1n) is 3.72. The number of nitrogens with two attached hydrogens (primary N) is 1. The van der Waals surface area contributed by atoms with Gasteiger partial charge in [0.05, 0.1) is 6.67 Å². The van der Waals surface area contributed by atoms with Crippen LogP contribution in [-0.2, 0) is 0 Å². The maximum Gasteiger partial charge on any atom is 0.111 e. The molecule has 2 N–H and O–H groups in total. The Morgan fingerprint density at radius 2 is 2.27 bits per heavy atom. The van der Waals surface area contributed by atoms with Crippen LogP contribution in [0.3, 0.4) is 0 Å². The van der Waals surface area contributed by atoms with Gasteiger partial charge in [-0.1, -0.05) is 13.0 Å². The van der Waals surface area contributed by atoms with E-state index < -0.39 is 0 Å². The van der Waals surface area contributed by atoms with Gasteiger partial charge in [0.1, 0.15) is 6.34 Å². The van der Waals surface area contributed by atoms with Crippen molar-refractivity contribution >= 4 is 12.1 Å². The van der Waals surface area contributed by atoms with Gasteiger partial charge in [-0.05, 0) is 19.4 Å². The van der Waals surface area contributed by atoms with Crippen LogP contribution in [0.5, 0.6) is 0 Å². The Morgan fingerprint density at radius 3 is 2.73 bits per heavy atom. The first-order valence-corrected chi connectivity index (χ1v) is 3.72. The largest absolute Gasteiger partial charge is 0.312 e. The monoisotopic (exact) mass is 153 g/mol. The molecular formula is C8H15N3. The molecule has 0 saturated carbocycles. The summed E-state index contributed by atoms with van der Waals surface area (Å²) in [6.07, 6.45) is 6.33. The Balaban J connectivity index is 4.00. The summed E-state index contributed by atoms with van der Waals surface area (Å²) in [5.74, 6) is 0. The first kappa shape index (κ1) is 10.0. The van der Waals surface area contributed by atoms with Crippen LogP contribution in [0.1, 0.15) is 20.3 Å². The number of nitrogens with zero attached hydrogens (tertiary/aromatic N) is 2. The SMILES string of the molecule is C/C=C\C(CC)=NC=NCN. The zero-order valence-corrected chi connectivity index (χ0v) is 7.12. The van der Waals surface area contributed by atoms with E-state index in [4.69, 9.17) is 5.73 Å². The minimum Gasteiger partial charge on any atom is -0.312 e. The standard InChI is InChI=1S/C8H15N3/c1-3-5-8(4-2)11-7-10-6-9/h3,5,7H,4,6,9H2,1-2H3/b5-3-,10-7?,11-8?. The molecule has 0 unspecified atom stereocenters. The van der Waals surface area contributed by atoms with Crippen molar-refractivity contribution in [1.82, 2.24) is 0 Å². The highest BCUT2D eigenvalue weighted by molar-refractivity contribution is 5.98. The third-order valence-electron chi connectivity index (χ3n) is 1.13. The fourth-order valence-electron chi connectivity index (χ4n) is 0.607. The summed E-state index contributed by atoms with van der Waals surface area (Å²) in [5.41, 5.74) is 6.16. The second-order valence-electron chi connectivity index (χ2n) is 1.95. The minimum absolute atomic E-state index is 0.302. The van der Waals surface area contributed by atoms with Gasteiger partial charge in [0.2, 0.25) is 0 Å². The van der Waals surface area contributed by atoms with Crippen LogP contribution in [0.25, 0.3) is 0 Å². The van der Waals surface area contributed by atoms with E-state index in [9.17, 15) is 0 Å². The smallest absolute Gasteiger partial charge is 0.111 e. The molecule has 3 nitrogen and oxygen atoms in total. The molecule has 0 atom stereocenters. The second kappa shape index (κ2) is 7.15. The van der Waals surface area contributed by atoms with Crippen LogP contribution in [0.2, 0.25) is 0 Å². The van der Waals surface area contributed by atoms with E-state index in [1.54, 1.807) is 0 Å². The lowest BCUT2D eigenvalue weighted by atomic mass is 10.3. The molecule has 3 heteroatoms. The van der Waals surface area contributed by atoms with Crippen LogP contribution in [0, 0.1) is 0 Å². The third-order valence-corrected chi connectivity index (χ3v) is 1.13. The molecule has 0 bridgehead atoms. The molecule has 0 heterocycles. The molecular weight excluding hydrogens is 138 g/mol. The van der Waals surface area contributed by atoms with Gasteiger partial charge in [0.25, 0.3) is 0 Å². The lowest BCUT2D eigenvalue weighted by Gasteiger charge is -1.90. The maximum atomic E-state index is 5.14. The van der Waals surface area contributed by atoms with Gasteiger partial charge < -0.3 is 5.73 Å². The minimum atomic E-state index is 0.302. The summed E-state index contributed by atoms with van der Waals surface area (Å²) in [5, 5.41) is 0. The predicted octanol–water partition coefficient (Wildman–Crippen LogP) is 1.36. The summed E-state index contributed by atoms with van der Waals surface area (Å²) in [4.78, 5) is 7.85. The maximum absolute atomic E-state index is 5.14. The molecule has 11 heavy (non-hydrogen) atoms.